The molecule has 6 heteroatoms. The monoisotopic (exact) mass is 518 g/mol. The van der Waals surface area contributed by atoms with Crippen molar-refractivity contribution in [2.45, 2.75) is 60.9 Å². The van der Waals surface area contributed by atoms with Gasteiger partial charge in [0, 0.05) is 0 Å². The molecule has 3 rings (SSSR count). The standard InChI is InChI=1S/C13H15F3.C6H5OS.2CH3.CH2.Sb/c1-2-3-10-4-6-11(7-5-10)12(8-9-12)13(14,15)16;1-5(7)6-3-2-4-8-6;;;;/h4-7H,2-3,8-9H2,1H3;2-3H,1H3;2*1H3;1H2;. The minimum absolute atomic E-state index is 0.167. The molecule has 0 amide bonds. The third kappa shape index (κ3) is 5.57. The number of rotatable bonds is 5. The van der Waals surface area contributed by atoms with E-state index in [1.165, 1.54) is 2.82 Å². The second-order valence-electron chi connectivity index (χ2n) is 7.91. The number of benzene rings is 1. The quantitative estimate of drug-likeness (QED) is 0.344. The zero-order chi connectivity index (χ0) is 21.2. The van der Waals surface area contributed by atoms with E-state index < -0.39 is 29.9 Å². The molecule has 28 heavy (non-hydrogen) atoms. The summed E-state index contributed by atoms with van der Waals surface area (Å²) in [5.74, 6) is 0.167. The average Bonchev–Trinajstić information content (AvgIpc) is 3.25. The number of hydrogen-bond acceptors (Lipinski definition) is 2. The molecule has 1 heterocycles. The molecule has 0 atom stereocenters. The van der Waals surface area contributed by atoms with Gasteiger partial charge in [-0.05, 0) is 30.4 Å². The Kier molecular flexibility index (Phi) is 7.36. The number of thiophene rings is 1. The molecule has 0 aliphatic heterocycles. The van der Waals surface area contributed by atoms with Crippen LogP contribution in [0, 0.1) is 0 Å². The third-order valence-corrected chi connectivity index (χ3v) is 13.8. The molecule has 1 fully saturated rings. The topological polar surface area (TPSA) is 17.1 Å². The molecule has 1 aliphatic carbocycles. The summed E-state index contributed by atoms with van der Waals surface area (Å²) >= 11 is -0.414. The van der Waals surface area contributed by atoms with Gasteiger partial charge in [0.05, 0.1) is 5.41 Å². The van der Waals surface area contributed by atoms with Crippen LogP contribution >= 0.6 is 11.3 Å². The number of Topliss-reactive ketones (excluding diaryl/α,β-unsaturated/α-hetero) is 1. The second kappa shape index (κ2) is 8.83. The number of halogens is 3. The van der Waals surface area contributed by atoms with Crippen molar-refractivity contribution in [1.82, 2.24) is 0 Å². The first-order valence-corrected chi connectivity index (χ1v) is 18.4. The molecular formula is C22H28F3OSSb. The van der Waals surface area contributed by atoms with Crippen LogP contribution in [0.25, 0.3) is 0 Å². The zero-order valence-corrected chi connectivity index (χ0v) is 20.3. The molecule has 1 nitrogen and oxygen atoms in total. The molecule has 0 radical (unpaired) electrons. The number of hydrogen-bond donors (Lipinski definition) is 0. The minimum atomic E-state index is -4.10. The summed E-state index contributed by atoms with van der Waals surface area (Å²) in [5, 5.41) is 0. The van der Waals surface area contributed by atoms with Crippen molar-refractivity contribution in [1.29, 1.82) is 0 Å². The van der Waals surface area contributed by atoms with Gasteiger partial charge >= 0.3 is 87.4 Å². The van der Waals surface area contributed by atoms with Gasteiger partial charge < -0.3 is 0 Å². The molecule has 2 aromatic rings. The van der Waals surface area contributed by atoms with Gasteiger partial charge in [-0.2, -0.15) is 13.2 Å². The summed E-state index contributed by atoms with van der Waals surface area (Å²) in [6.45, 7) is 3.67. The van der Waals surface area contributed by atoms with E-state index >= 15 is 0 Å². The number of aryl methyl sites for hydroxylation is 1. The van der Waals surface area contributed by atoms with Gasteiger partial charge in [-0.25, -0.2) is 0 Å². The second-order valence-corrected chi connectivity index (χ2v) is 20.9. The zero-order valence-electron chi connectivity index (χ0n) is 16.9. The number of carbonyl (C=O) groups excluding carboxylic acids is 1. The van der Waals surface area contributed by atoms with Crippen LogP contribution in [0.4, 0.5) is 13.2 Å². The number of ketones is 1. The van der Waals surface area contributed by atoms with Crippen molar-refractivity contribution >= 4 is 42.7 Å². The van der Waals surface area contributed by atoms with E-state index in [1.807, 2.05) is 18.2 Å². The number of alkyl halides is 3. The fourth-order valence-corrected chi connectivity index (χ4v) is 8.19. The van der Waals surface area contributed by atoms with Crippen molar-refractivity contribution in [3.05, 3.63) is 52.4 Å². The Morgan fingerprint density at radius 2 is 1.71 bits per heavy atom. The molecule has 1 aromatic heterocycles. The van der Waals surface area contributed by atoms with Crippen molar-refractivity contribution in [2.24, 2.45) is 0 Å². The van der Waals surface area contributed by atoms with Gasteiger partial charge in [-0.15, -0.1) is 0 Å². The van der Waals surface area contributed by atoms with Crippen LogP contribution in [0.1, 0.15) is 53.9 Å². The molecule has 1 aliphatic rings. The Morgan fingerprint density at radius 1 is 1.14 bits per heavy atom. The summed E-state index contributed by atoms with van der Waals surface area (Å²) in [5.41, 5.74) is 0.0154. The first-order chi connectivity index (χ1) is 12.9. The van der Waals surface area contributed by atoms with Crippen molar-refractivity contribution < 1.29 is 18.0 Å². The van der Waals surface area contributed by atoms with Crippen LogP contribution < -0.4 is 2.82 Å². The molecule has 1 saturated carbocycles. The Labute approximate surface area is 173 Å². The fourth-order valence-electron chi connectivity index (χ4n) is 2.98. The van der Waals surface area contributed by atoms with Crippen LogP contribution in [-0.2, 0) is 11.8 Å². The van der Waals surface area contributed by atoms with Gasteiger partial charge in [-0.3, -0.25) is 0 Å². The number of carbonyl (C=O) groups is 1. The SMILES string of the molecule is CCCc1ccc(C2(C(F)(F)F)CC2)cc1.[CH2]=[Sb]([CH3])([CH3])[c]1ccc(C(C)=O)s1. The van der Waals surface area contributed by atoms with Crippen LogP contribution in [0.3, 0.4) is 0 Å². The maximum absolute atomic E-state index is 12.8. The molecule has 0 spiro atoms. The summed E-state index contributed by atoms with van der Waals surface area (Å²) in [6.07, 6.45) is -1.67. The Morgan fingerprint density at radius 3 is 2.04 bits per heavy atom. The van der Waals surface area contributed by atoms with Gasteiger partial charge in [-0.1, -0.05) is 37.6 Å². The van der Waals surface area contributed by atoms with Gasteiger partial charge in [0.2, 0.25) is 0 Å². The summed E-state index contributed by atoms with van der Waals surface area (Å²) in [6, 6.07) is 10.9. The Hall–Kier alpha value is -0.932. The molecule has 0 N–H and O–H groups in total. The molecule has 0 bridgehead atoms. The average molecular weight is 519 g/mol. The predicted molar refractivity (Wildman–Crippen MR) is 116 cm³/mol. The van der Waals surface area contributed by atoms with E-state index in [4.69, 9.17) is 0 Å². The van der Waals surface area contributed by atoms with Crippen molar-refractivity contribution in [3.8, 4) is 0 Å². The summed E-state index contributed by atoms with van der Waals surface area (Å²) in [4.78, 5) is 16.4. The van der Waals surface area contributed by atoms with Gasteiger partial charge in [0.25, 0.3) is 0 Å². The van der Waals surface area contributed by atoms with E-state index in [1.54, 1.807) is 30.4 Å². The van der Waals surface area contributed by atoms with Crippen LogP contribution in [0.15, 0.2) is 36.4 Å². The molecule has 0 saturated heterocycles. The summed E-state index contributed by atoms with van der Waals surface area (Å²) < 4.78 is 44.1. The molecule has 154 valence electrons. The van der Waals surface area contributed by atoms with Gasteiger partial charge in [0.15, 0.2) is 0 Å². The maximum atomic E-state index is 12.8. The Balaban J connectivity index is 0.000000209. The third-order valence-electron chi connectivity index (χ3n) is 4.87. The van der Waals surface area contributed by atoms with E-state index in [9.17, 15) is 18.0 Å². The van der Waals surface area contributed by atoms with Gasteiger partial charge in [0.1, 0.15) is 0 Å². The predicted octanol–water partition coefficient (Wildman–Crippen LogP) is 6.11. The first-order valence-electron chi connectivity index (χ1n) is 9.36. The van der Waals surface area contributed by atoms with Crippen LogP contribution in [-0.4, -0.2) is 34.7 Å². The van der Waals surface area contributed by atoms with E-state index in [0.717, 1.165) is 23.3 Å². The van der Waals surface area contributed by atoms with E-state index in [0.29, 0.717) is 5.56 Å². The van der Waals surface area contributed by atoms with E-state index in [2.05, 4.69) is 27.2 Å². The van der Waals surface area contributed by atoms with Crippen molar-refractivity contribution in [2.75, 3.05) is 0 Å². The van der Waals surface area contributed by atoms with E-state index in [-0.39, 0.29) is 18.6 Å². The molecule has 1 aromatic carbocycles. The van der Waals surface area contributed by atoms with Crippen LogP contribution in [0.5, 0.6) is 0 Å². The fraction of sp³-hybridized carbons (Fsp3) is 0.455. The first kappa shape index (κ1) is 23.3. The molecular weight excluding hydrogens is 491 g/mol. The summed E-state index contributed by atoms with van der Waals surface area (Å²) in [7, 11) is 0. The van der Waals surface area contributed by atoms with Crippen molar-refractivity contribution in [3.63, 3.8) is 0 Å². The normalized spacial score (nSPS) is 15.5. The Bertz CT molecular complexity index is 855. The molecule has 0 unspecified atom stereocenters. The van der Waals surface area contributed by atoms with Crippen LogP contribution in [0.2, 0.25) is 9.74 Å².